The minimum atomic E-state index is -0.703. The molecule has 0 aliphatic rings. The van der Waals surface area contributed by atoms with Gasteiger partial charge in [-0.25, -0.2) is 8.78 Å². The van der Waals surface area contributed by atoms with Crippen molar-refractivity contribution in [3.8, 4) is 5.75 Å². The molecule has 0 heterocycles. The first-order chi connectivity index (χ1) is 7.00. The quantitative estimate of drug-likeness (QED) is 0.836. The molecule has 0 saturated carbocycles. The van der Waals surface area contributed by atoms with Crippen LogP contribution in [0.15, 0.2) is 18.2 Å². The predicted octanol–water partition coefficient (Wildman–Crippen LogP) is 2.33. The van der Waals surface area contributed by atoms with Crippen molar-refractivity contribution >= 4 is 0 Å². The van der Waals surface area contributed by atoms with E-state index in [9.17, 15) is 8.78 Å². The Hall–Kier alpha value is -1.16. The fourth-order valence-corrected chi connectivity index (χ4v) is 0.971. The van der Waals surface area contributed by atoms with Crippen molar-refractivity contribution in [3.63, 3.8) is 0 Å². The van der Waals surface area contributed by atoms with E-state index in [2.05, 4.69) is 0 Å². The van der Waals surface area contributed by atoms with Crippen LogP contribution >= 0.6 is 0 Å². The van der Waals surface area contributed by atoms with Crippen LogP contribution in [0.3, 0.4) is 0 Å². The van der Waals surface area contributed by atoms with E-state index >= 15 is 0 Å². The zero-order valence-corrected chi connectivity index (χ0v) is 8.84. The Kier molecular flexibility index (Phi) is 4.03. The SMILES string of the molecule is CC(C)[C@@H](N)COc1ccc(F)cc1F. The summed E-state index contributed by atoms with van der Waals surface area (Å²) in [6.45, 7) is 4.13. The Balaban J connectivity index is 2.58. The number of ether oxygens (including phenoxy) is 1. The molecule has 0 unspecified atom stereocenters. The third-order valence-electron chi connectivity index (χ3n) is 2.18. The largest absolute Gasteiger partial charge is 0.489 e. The number of hydrogen-bond acceptors (Lipinski definition) is 2. The van der Waals surface area contributed by atoms with E-state index in [0.29, 0.717) is 0 Å². The van der Waals surface area contributed by atoms with Crippen molar-refractivity contribution in [2.24, 2.45) is 11.7 Å². The topological polar surface area (TPSA) is 35.2 Å². The third-order valence-corrected chi connectivity index (χ3v) is 2.18. The highest BCUT2D eigenvalue weighted by Crippen LogP contribution is 2.17. The lowest BCUT2D eigenvalue weighted by atomic mass is 10.1. The van der Waals surface area contributed by atoms with Crippen molar-refractivity contribution in [1.29, 1.82) is 0 Å². The van der Waals surface area contributed by atoms with Gasteiger partial charge in [-0.2, -0.15) is 0 Å². The van der Waals surface area contributed by atoms with Crippen molar-refractivity contribution in [1.82, 2.24) is 0 Å². The maximum atomic E-state index is 13.1. The van der Waals surface area contributed by atoms with Gasteiger partial charge in [0.05, 0.1) is 0 Å². The fraction of sp³-hybridized carbons (Fsp3) is 0.455. The predicted molar refractivity (Wildman–Crippen MR) is 54.7 cm³/mol. The molecular weight excluding hydrogens is 200 g/mol. The smallest absolute Gasteiger partial charge is 0.167 e. The van der Waals surface area contributed by atoms with Crippen molar-refractivity contribution in [2.45, 2.75) is 19.9 Å². The highest BCUT2D eigenvalue weighted by atomic mass is 19.1. The molecule has 1 aromatic carbocycles. The number of rotatable bonds is 4. The molecule has 0 aliphatic heterocycles. The molecule has 84 valence electrons. The summed E-state index contributed by atoms with van der Waals surface area (Å²) in [6, 6.07) is 3.04. The summed E-state index contributed by atoms with van der Waals surface area (Å²) in [5, 5.41) is 0. The van der Waals surface area contributed by atoms with E-state index in [1.54, 1.807) is 0 Å². The maximum absolute atomic E-state index is 13.1. The molecule has 0 fully saturated rings. The minimum absolute atomic E-state index is 0.0347. The Bertz CT molecular complexity index is 328. The van der Waals surface area contributed by atoms with Gasteiger partial charge in [0.2, 0.25) is 0 Å². The van der Waals surface area contributed by atoms with Crippen LogP contribution in [-0.4, -0.2) is 12.6 Å². The molecule has 0 aromatic heterocycles. The van der Waals surface area contributed by atoms with Crippen LogP contribution in [0.25, 0.3) is 0 Å². The second-order valence-electron chi connectivity index (χ2n) is 3.79. The molecule has 15 heavy (non-hydrogen) atoms. The summed E-state index contributed by atoms with van der Waals surface area (Å²) in [5.74, 6) is -1.03. The van der Waals surface area contributed by atoms with Gasteiger partial charge in [-0.05, 0) is 18.1 Å². The van der Waals surface area contributed by atoms with E-state index in [1.165, 1.54) is 6.07 Å². The molecule has 0 spiro atoms. The molecule has 0 amide bonds. The Morgan fingerprint density at radius 3 is 2.53 bits per heavy atom. The van der Waals surface area contributed by atoms with Gasteiger partial charge < -0.3 is 10.5 Å². The molecule has 1 aromatic rings. The average molecular weight is 215 g/mol. The second-order valence-corrected chi connectivity index (χ2v) is 3.79. The Labute approximate surface area is 88.0 Å². The van der Waals surface area contributed by atoms with Crippen LogP contribution in [0.5, 0.6) is 5.75 Å². The van der Waals surface area contributed by atoms with Crippen molar-refractivity contribution in [2.75, 3.05) is 6.61 Å². The highest BCUT2D eigenvalue weighted by Gasteiger charge is 2.10. The van der Waals surface area contributed by atoms with E-state index in [1.807, 2.05) is 13.8 Å². The molecule has 0 bridgehead atoms. The fourth-order valence-electron chi connectivity index (χ4n) is 0.971. The van der Waals surface area contributed by atoms with Crippen LogP contribution in [0.2, 0.25) is 0 Å². The zero-order chi connectivity index (χ0) is 11.4. The summed E-state index contributed by atoms with van der Waals surface area (Å²) in [7, 11) is 0. The highest BCUT2D eigenvalue weighted by molar-refractivity contribution is 5.24. The minimum Gasteiger partial charge on any atom is -0.489 e. The number of hydrogen-bond donors (Lipinski definition) is 1. The lowest BCUT2D eigenvalue weighted by molar-refractivity contribution is 0.249. The monoisotopic (exact) mass is 215 g/mol. The molecular formula is C11H15F2NO. The lowest BCUT2D eigenvalue weighted by Gasteiger charge is -2.16. The normalized spacial score (nSPS) is 12.9. The zero-order valence-electron chi connectivity index (χ0n) is 8.84. The Morgan fingerprint density at radius 2 is 2.00 bits per heavy atom. The summed E-state index contributed by atoms with van der Waals surface area (Å²) < 4.78 is 30.8. The molecule has 4 heteroatoms. The first kappa shape index (κ1) is 11.9. The standard InChI is InChI=1S/C11H15F2NO/c1-7(2)10(14)6-15-11-4-3-8(12)5-9(11)13/h3-5,7,10H,6,14H2,1-2H3/t10-/m0/s1. The first-order valence-corrected chi connectivity index (χ1v) is 4.84. The van der Waals surface area contributed by atoms with Gasteiger partial charge in [-0.1, -0.05) is 13.8 Å². The molecule has 2 nitrogen and oxygen atoms in total. The van der Waals surface area contributed by atoms with Gasteiger partial charge in [0, 0.05) is 12.1 Å². The number of nitrogens with two attached hydrogens (primary N) is 1. The Morgan fingerprint density at radius 1 is 1.33 bits per heavy atom. The van der Waals surface area contributed by atoms with E-state index < -0.39 is 11.6 Å². The molecule has 0 radical (unpaired) electrons. The molecule has 0 aliphatic carbocycles. The van der Waals surface area contributed by atoms with Crippen LogP contribution in [0, 0.1) is 17.6 Å². The number of halogens is 2. The van der Waals surface area contributed by atoms with Crippen molar-refractivity contribution < 1.29 is 13.5 Å². The molecule has 1 atom stereocenters. The van der Waals surface area contributed by atoms with Crippen LogP contribution in [0.4, 0.5) is 8.78 Å². The van der Waals surface area contributed by atoms with Crippen LogP contribution in [-0.2, 0) is 0 Å². The number of benzene rings is 1. The van der Waals surface area contributed by atoms with Crippen LogP contribution in [0.1, 0.15) is 13.8 Å². The van der Waals surface area contributed by atoms with E-state index in [4.69, 9.17) is 10.5 Å². The van der Waals surface area contributed by atoms with Gasteiger partial charge >= 0.3 is 0 Å². The van der Waals surface area contributed by atoms with Gasteiger partial charge in [-0.3, -0.25) is 0 Å². The summed E-state index contributed by atoms with van der Waals surface area (Å²) in [4.78, 5) is 0. The summed E-state index contributed by atoms with van der Waals surface area (Å²) in [5.41, 5.74) is 5.72. The molecule has 2 N–H and O–H groups in total. The maximum Gasteiger partial charge on any atom is 0.167 e. The van der Waals surface area contributed by atoms with E-state index in [-0.39, 0.29) is 24.3 Å². The first-order valence-electron chi connectivity index (χ1n) is 4.84. The summed E-state index contributed by atoms with van der Waals surface area (Å²) in [6.07, 6.45) is 0. The van der Waals surface area contributed by atoms with Gasteiger partial charge in [-0.15, -0.1) is 0 Å². The van der Waals surface area contributed by atoms with Gasteiger partial charge in [0.15, 0.2) is 11.6 Å². The molecule has 1 rings (SSSR count). The van der Waals surface area contributed by atoms with Gasteiger partial charge in [0.1, 0.15) is 12.4 Å². The second kappa shape index (κ2) is 5.07. The van der Waals surface area contributed by atoms with Gasteiger partial charge in [0.25, 0.3) is 0 Å². The van der Waals surface area contributed by atoms with E-state index in [0.717, 1.165) is 12.1 Å². The summed E-state index contributed by atoms with van der Waals surface area (Å²) >= 11 is 0. The lowest BCUT2D eigenvalue weighted by Crippen LogP contribution is -2.33. The van der Waals surface area contributed by atoms with Crippen LogP contribution < -0.4 is 10.5 Å². The van der Waals surface area contributed by atoms with Crippen molar-refractivity contribution in [3.05, 3.63) is 29.8 Å². The molecule has 0 saturated heterocycles. The third kappa shape index (κ3) is 3.47. The average Bonchev–Trinajstić information content (AvgIpc) is 2.15.